The highest BCUT2D eigenvalue weighted by Gasteiger charge is 2.26. The minimum Gasteiger partial charge on any atom is -0.490 e. The van der Waals surface area contributed by atoms with E-state index in [-0.39, 0.29) is 48.2 Å². The molecule has 0 saturated heterocycles. The fourth-order valence-corrected chi connectivity index (χ4v) is 5.42. The Morgan fingerprint density at radius 1 is 0.800 bits per heavy atom. The number of esters is 2. The Hall–Kier alpha value is -6.10. The van der Waals surface area contributed by atoms with Gasteiger partial charge in [0.25, 0.3) is 0 Å². The molecule has 4 aromatic carbocycles. The molecule has 1 amide bonds. The van der Waals surface area contributed by atoms with E-state index in [1.165, 1.54) is 18.2 Å². The largest absolute Gasteiger partial charge is 0.490 e. The first-order valence-corrected chi connectivity index (χ1v) is 16.2. The molecule has 0 spiro atoms. The fourth-order valence-electron chi connectivity index (χ4n) is 5.42. The number of aryl methyl sites for hydroxylation is 1. The molecule has 1 unspecified atom stereocenters. The van der Waals surface area contributed by atoms with E-state index in [2.05, 4.69) is 5.32 Å². The van der Waals surface area contributed by atoms with Gasteiger partial charge in [-0.1, -0.05) is 66.7 Å². The minimum atomic E-state index is -1.26. The lowest BCUT2D eigenvalue weighted by molar-refractivity contribution is -0.145. The Labute approximate surface area is 287 Å². The van der Waals surface area contributed by atoms with Crippen molar-refractivity contribution in [1.29, 1.82) is 0 Å². The van der Waals surface area contributed by atoms with Crippen LogP contribution in [0.1, 0.15) is 36.1 Å². The van der Waals surface area contributed by atoms with Gasteiger partial charge in [-0.3, -0.25) is 9.59 Å². The highest BCUT2D eigenvalue weighted by atomic mass is 16.6. The van der Waals surface area contributed by atoms with E-state index in [0.29, 0.717) is 41.6 Å². The lowest BCUT2D eigenvalue weighted by Gasteiger charge is -2.17. The molecule has 0 bridgehead atoms. The van der Waals surface area contributed by atoms with Crippen LogP contribution in [0.15, 0.2) is 106 Å². The van der Waals surface area contributed by atoms with Gasteiger partial charge in [-0.15, -0.1) is 0 Å². The van der Waals surface area contributed by atoms with Crippen molar-refractivity contribution in [1.82, 2.24) is 5.32 Å². The normalized spacial score (nSPS) is 12.7. The molecular formula is C39H35NO10. The van der Waals surface area contributed by atoms with Crippen LogP contribution in [0.2, 0.25) is 0 Å². The zero-order valence-electron chi connectivity index (χ0n) is 27.3. The van der Waals surface area contributed by atoms with Gasteiger partial charge >= 0.3 is 18.0 Å². The number of rotatable bonds is 11. The molecule has 0 radical (unpaired) electrons. The third-order valence-electron chi connectivity index (χ3n) is 7.96. The van der Waals surface area contributed by atoms with E-state index < -0.39 is 24.1 Å². The van der Waals surface area contributed by atoms with Crippen molar-refractivity contribution in [2.24, 2.45) is 0 Å². The molecule has 1 atom stereocenters. The molecule has 2 heterocycles. The topological polar surface area (TPSA) is 140 Å². The fraction of sp³-hybridized carbons (Fsp3) is 0.231. The second-order valence-electron chi connectivity index (χ2n) is 11.6. The van der Waals surface area contributed by atoms with E-state index in [1.807, 2.05) is 48.5 Å². The Bertz CT molecular complexity index is 2040. The molecule has 50 heavy (non-hydrogen) atoms. The van der Waals surface area contributed by atoms with Crippen LogP contribution in [-0.4, -0.2) is 37.3 Å². The van der Waals surface area contributed by atoms with Crippen molar-refractivity contribution in [2.75, 3.05) is 13.2 Å². The molecule has 5 aromatic rings. The molecule has 256 valence electrons. The lowest BCUT2D eigenvalue weighted by Crippen LogP contribution is -2.43. The molecule has 1 aromatic heterocycles. The summed E-state index contributed by atoms with van der Waals surface area (Å²) < 4.78 is 33.8. The van der Waals surface area contributed by atoms with Gasteiger partial charge in [-0.2, -0.15) is 0 Å². The maximum atomic E-state index is 13.7. The number of hydrogen-bond donors (Lipinski definition) is 1. The maximum Gasteiger partial charge on any atom is 0.408 e. The Morgan fingerprint density at radius 3 is 2.20 bits per heavy atom. The summed E-state index contributed by atoms with van der Waals surface area (Å²) in [5.41, 5.74) is 2.49. The van der Waals surface area contributed by atoms with Crippen LogP contribution < -0.4 is 25.0 Å². The number of ether oxygens (including phenoxy) is 5. The molecular weight excluding hydrogens is 642 g/mol. The van der Waals surface area contributed by atoms with Crippen LogP contribution in [-0.2, 0) is 32.3 Å². The Kier molecular flexibility index (Phi) is 10.7. The molecule has 0 fully saturated rings. The number of benzene rings is 4. The second-order valence-corrected chi connectivity index (χ2v) is 11.6. The Morgan fingerprint density at radius 2 is 1.48 bits per heavy atom. The third kappa shape index (κ3) is 8.48. The zero-order valence-corrected chi connectivity index (χ0v) is 27.3. The van der Waals surface area contributed by atoms with Crippen molar-refractivity contribution < 1.29 is 42.5 Å². The first-order valence-electron chi connectivity index (χ1n) is 16.2. The van der Waals surface area contributed by atoms with Gasteiger partial charge in [0.1, 0.15) is 36.3 Å². The van der Waals surface area contributed by atoms with Gasteiger partial charge in [0.05, 0.1) is 24.2 Å². The molecule has 11 heteroatoms. The van der Waals surface area contributed by atoms with Gasteiger partial charge < -0.3 is 33.4 Å². The van der Waals surface area contributed by atoms with Crippen LogP contribution in [0.5, 0.6) is 17.2 Å². The number of alkyl carbamates (subject to hydrolysis) is 1. The van der Waals surface area contributed by atoms with Gasteiger partial charge in [0.15, 0.2) is 11.5 Å². The summed E-state index contributed by atoms with van der Waals surface area (Å²) in [5, 5.41) is 2.78. The molecule has 0 saturated carbocycles. The van der Waals surface area contributed by atoms with Crippen molar-refractivity contribution in [3.05, 3.63) is 124 Å². The summed E-state index contributed by atoms with van der Waals surface area (Å²) in [5.74, 6) is 0.192. The van der Waals surface area contributed by atoms with Crippen molar-refractivity contribution in [3.63, 3.8) is 0 Å². The first-order chi connectivity index (χ1) is 24.3. The molecule has 1 aliphatic rings. The highest BCUT2D eigenvalue weighted by molar-refractivity contribution is 5.87. The summed E-state index contributed by atoms with van der Waals surface area (Å²) in [7, 11) is 0. The van der Waals surface area contributed by atoms with Gasteiger partial charge in [0.2, 0.25) is 5.43 Å². The standard InChI is InChI=1S/C39H35NO10/c1-25-36(28-13-17-32-34(21-28)46-20-8-19-45-32)37(42)30-15-14-29(22-33(30)49-25)50-38(43)31(40-39(44)48-24-27-11-6-3-7-12-27)16-18-35(41)47-23-26-9-4-2-5-10-26/h2-7,9-15,17,21-22,31H,8,16,18-20,23-24H2,1H3,(H,40,44). The number of amides is 1. The van der Waals surface area contributed by atoms with Crippen LogP contribution in [0.3, 0.4) is 0 Å². The minimum absolute atomic E-state index is 0.0230. The van der Waals surface area contributed by atoms with E-state index in [1.54, 1.807) is 37.3 Å². The monoisotopic (exact) mass is 677 g/mol. The average Bonchev–Trinajstić information content (AvgIpc) is 3.37. The average molecular weight is 678 g/mol. The summed E-state index contributed by atoms with van der Waals surface area (Å²) in [4.78, 5) is 52.3. The summed E-state index contributed by atoms with van der Waals surface area (Å²) in [6.45, 7) is 2.78. The second kappa shape index (κ2) is 15.9. The molecule has 1 N–H and O–H groups in total. The molecule has 6 rings (SSSR count). The van der Waals surface area contributed by atoms with E-state index in [4.69, 9.17) is 28.1 Å². The lowest BCUT2D eigenvalue weighted by atomic mass is 10.0. The molecule has 0 aliphatic carbocycles. The summed E-state index contributed by atoms with van der Waals surface area (Å²) in [6.07, 6.45) is -0.409. The van der Waals surface area contributed by atoms with E-state index in [0.717, 1.165) is 17.5 Å². The smallest absolute Gasteiger partial charge is 0.408 e. The zero-order chi connectivity index (χ0) is 34.9. The van der Waals surface area contributed by atoms with Crippen molar-refractivity contribution in [3.8, 4) is 28.4 Å². The third-order valence-corrected chi connectivity index (χ3v) is 7.96. The quantitative estimate of drug-likeness (QED) is 0.119. The van der Waals surface area contributed by atoms with Crippen molar-refractivity contribution in [2.45, 2.75) is 45.4 Å². The molecule has 1 aliphatic heterocycles. The summed E-state index contributed by atoms with van der Waals surface area (Å²) >= 11 is 0. The van der Waals surface area contributed by atoms with Crippen LogP contribution >= 0.6 is 0 Å². The molecule has 11 nitrogen and oxygen atoms in total. The predicted molar refractivity (Wildman–Crippen MR) is 183 cm³/mol. The number of carbonyl (C=O) groups is 3. The number of carbonyl (C=O) groups excluding carboxylic acids is 3. The maximum absolute atomic E-state index is 13.7. The van der Waals surface area contributed by atoms with Crippen LogP contribution in [0.4, 0.5) is 4.79 Å². The number of fused-ring (bicyclic) bond motifs is 2. The summed E-state index contributed by atoms with van der Waals surface area (Å²) in [6, 6.07) is 26.7. The Balaban J connectivity index is 1.17. The highest BCUT2D eigenvalue weighted by Crippen LogP contribution is 2.35. The predicted octanol–water partition coefficient (Wildman–Crippen LogP) is 6.65. The van der Waals surface area contributed by atoms with Crippen LogP contribution in [0.25, 0.3) is 22.1 Å². The van der Waals surface area contributed by atoms with Gasteiger partial charge in [0, 0.05) is 18.9 Å². The SMILES string of the molecule is Cc1oc2cc(OC(=O)C(CCC(=O)OCc3ccccc3)NC(=O)OCc3ccccc3)ccc2c(=O)c1-c1ccc2c(c1)OCCCO2. The number of nitrogens with one attached hydrogen (secondary N) is 1. The van der Waals surface area contributed by atoms with Gasteiger partial charge in [-0.25, -0.2) is 9.59 Å². The van der Waals surface area contributed by atoms with Gasteiger partial charge in [-0.05, 0) is 54.3 Å². The van der Waals surface area contributed by atoms with E-state index >= 15 is 0 Å². The van der Waals surface area contributed by atoms with Crippen LogP contribution in [0, 0.1) is 6.92 Å². The van der Waals surface area contributed by atoms with Crippen molar-refractivity contribution >= 4 is 29.0 Å². The van der Waals surface area contributed by atoms with E-state index in [9.17, 15) is 19.2 Å². The number of hydrogen-bond acceptors (Lipinski definition) is 10. The first kappa shape index (κ1) is 33.8.